The third-order valence-electron chi connectivity index (χ3n) is 4.46. The summed E-state index contributed by atoms with van der Waals surface area (Å²) in [6, 6.07) is 7.41. The Labute approximate surface area is 146 Å². The highest BCUT2D eigenvalue weighted by Crippen LogP contribution is 2.37. The Morgan fingerprint density at radius 1 is 1.20 bits per heavy atom. The van der Waals surface area contributed by atoms with Crippen LogP contribution in [0.1, 0.15) is 47.8 Å². The van der Waals surface area contributed by atoms with Gasteiger partial charge in [-0.25, -0.2) is 9.97 Å². The maximum Gasteiger partial charge on any atom is 0.258 e. The third-order valence-corrected chi connectivity index (χ3v) is 4.46. The summed E-state index contributed by atoms with van der Waals surface area (Å²) in [4.78, 5) is 21.0. The normalized spacial score (nSPS) is 19.6. The topological polar surface area (TPSA) is 73.3 Å². The molecule has 2 aliphatic rings. The average molecular weight is 339 g/mol. The van der Waals surface area contributed by atoms with Gasteiger partial charge in [-0.1, -0.05) is 12.1 Å². The van der Waals surface area contributed by atoms with E-state index in [2.05, 4.69) is 15.3 Å². The van der Waals surface area contributed by atoms with E-state index in [0.29, 0.717) is 29.5 Å². The minimum absolute atomic E-state index is 0.132. The molecule has 6 nitrogen and oxygen atoms in total. The molecule has 2 aromatic rings. The zero-order chi connectivity index (χ0) is 17.1. The van der Waals surface area contributed by atoms with Crippen LogP contribution in [0, 0.1) is 0 Å². The van der Waals surface area contributed by atoms with Crippen LogP contribution >= 0.6 is 0 Å². The molecule has 2 fully saturated rings. The number of carbonyl (C=O) groups excluding carboxylic acids is 1. The number of para-hydroxylation sites is 2. The molecule has 0 unspecified atom stereocenters. The molecule has 0 radical (unpaired) electrons. The highest BCUT2D eigenvalue weighted by Gasteiger charge is 2.26. The number of anilines is 1. The van der Waals surface area contributed by atoms with E-state index < -0.39 is 0 Å². The van der Waals surface area contributed by atoms with Crippen molar-refractivity contribution in [3.8, 4) is 5.75 Å². The fourth-order valence-corrected chi connectivity index (χ4v) is 2.86. The van der Waals surface area contributed by atoms with Crippen LogP contribution in [-0.2, 0) is 4.74 Å². The largest absolute Gasteiger partial charge is 0.489 e. The number of nitrogens with zero attached hydrogens (tertiary/aromatic N) is 2. The standard InChI is InChI=1S/C19H21N3O3/c23-19(14-10-20-18(21-11-14)13-7-8-13)22-16-5-1-2-6-17(16)25-12-15-4-3-9-24-15/h1-2,5-6,10-11,13,15H,3-4,7-9,12H2,(H,22,23)/t15-/m1/s1. The van der Waals surface area contributed by atoms with Gasteiger partial charge < -0.3 is 14.8 Å². The molecule has 0 spiro atoms. The van der Waals surface area contributed by atoms with Crippen molar-refractivity contribution in [2.45, 2.75) is 37.7 Å². The summed E-state index contributed by atoms with van der Waals surface area (Å²) in [6.07, 6.45) is 7.68. The third kappa shape index (κ3) is 3.96. The van der Waals surface area contributed by atoms with Gasteiger partial charge in [0.05, 0.1) is 17.4 Å². The van der Waals surface area contributed by atoms with Crippen LogP contribution in [0.3, 0.4) is 0 Å². The summed E-state index contributed by atoms with van der Waals surface area (Å²) >= 11 is 0. The molecule has 1 aliphatic heterocycles. The van der Waals surface area contributed by atoms with E-state index in [1.54, 1.807) is 12.4 Å². The average Bonchev–Trinajstić information content (AvgIpc) is 3.37. The van der Waals surface area contributed by atoms with Crippen LogP contribution in [0.5, 0.6) is 5.75 Å². The lowest BCUT2D eigenvalue weighted by atomic mass is 10.2. The summed E-state index contributed by atoms with van der Waals surface area (Å²) < 4.78 is 11.4. The van der Waals surface area contributed by atoms with Crippen molar-refractivity contribution in [2.24, 2.45) is 0 Å². The highest BCUT2D eigenvalue weighted by molar-refractivity contribution is 6.04. The Balaban J connectivity index is 1.41. The summed E-state index contributed by atoms with van der Waals surface area (Å²) in [5, 5.41) is 2.88. The van der Waals surface area contributed by atoms with Gasteiger partial charge in [-0.2, -0.15) is 0 Å². The lowest BCUT2D eigenvalue weighted by molar-refractivity contribution is 0.0682. The van der Waals surface area contributed by atoms with E-state index in [-0.39, 0.29) is 12.0 Å². The van der Waals surface area contributed by atoms with Crippen LogP contribution in [0.2, 0.25) is 0 Å². The maximum absolute atomic E-state index is 12.5. The maximum atomic E-state index is 12.5. The number of ether oxygens (including phenoxy) is 2. The van der Waals surface area contributed by atoms with Crippen LogP contribution in [-0.4, -0.2) is 35.2 Å². The molecule has 2 heterocycles. The first-order chi connectivity index (χ1) is 12.3. The van der Waals surface area contributed by atoms with Crippen molar-refractivity contribution >= 4 is 11.6 Å². The van der Waals surface area contributed by atoms with Crippen LogP contribution < -0.4 is 10.1 Å². The minimum atomic E-state index is -0.240. The van der Waals surface area contributed by atoms with Gasteiger partial charge in [-0.05, 0) is 37.8 Å². The molecule has 0 bridgehead atoms. The van der Waals surface area contributed by atoms with Gasteiger partial charge in [-0.3, -0.25) is 4.79 Å². The molecular weight excluding hydrogens is 318 g/mol. The second kappa shape index (κ2) is 7.19. The second-order valence-electron chi connectivity index (χ2n) is 6.50. The van der Waals surface area contributed by atoms with Crippen molar-refractivity contribution in [3.05, 3.63) is 48.0 Å². The van der Waals surface area contributed by atoms with Crippen molar-refractivity contribution < 1.29 is 14.3 Å². The number of nitrogens with one attached hydrogen (secondary N) is 1. The number of amides is 1. The fourth-order valence-electron chi connectivity index (χ4n) is 2.86. The summed E-state index contributed by atoms with van der Waals surface area (Å²) in [5.74, 6) is 1.71. The Morgan fingerprint density at radius 3 is 2.72 bits per heavy atom. The quantitative estimate of drug-likeness (QED) is 0.875. The number of carbonyl (C=O) groups is 1. The van der Waals surface area contributed by atoms with E-state index in [0.717, 1.165) is 38.1 Å². The first-order valence-corrected chi connectivity index (χ1v) is 8.76. The predicted molar refractivity (Wildman–Crippen MR) is 92.9 cm³/mol. The monoisotopic (exact) mass is 339 g/mol. The molecule has 1 aromatic heterocycles. The lowest BCUT2D eigenvalue weighted by Crippen LogP contribution is -2.18. The molecule has 25 heavy (non-hydrogen) atoms. The smallest absolute Gasteiger partial charge is 0.258 e. The van der Waals surface area contributed by atoms with E-state index >= 15 is 0 Å². The minimum Gasteiger partial charge on any atom is -0.489 e. The van der Waals surface area contributed by atoms with Crippen LogP contribution in [0.4, 0.5) is 5.69 Å². The highest BCUT2D eigenvalue weighted by atomic mass is 16.5. The molecule has 1 saturated heterocycles. The van der Waals surface area contributed by atoms with Crippen molar-refractivity contribution in [3.63, 3.8) is 0 Å². The van der Waals surface area contributed by atoms with Gasteiger partial charge >= 0.3 is 0 Å². The number of aromatic nitrogens is 2. The molecule has 1 N–H and O–H groups in total. The zero-order valence-corrected chi connectivity index (χ0v) is 14.0. The van der Waals surface area contributed by atoms with E-state index in [9.17, 15) is 4.79 Å². The van der Waals surface area contributed by atoms with E-state index in [4.69, 9.17) is 9.47 Å². The summed E-state index contributed by atoms with van der Waals surface area (Å²) in [5.41, 5.74) is 1.08. The van der Waals surface area contributed by atoms with Crippen molar-refractivity contribution in [2.75, 3.05) is 18.5 Å². The molecule has 1 amide bonds. The fraction of sp³-hybridized carbons (Fsp3) is 0.421. The number of rotatable bonds is 6. The Bertz CT molecular complexity index is 738. The Morgan fingerprint density at radius 2 is 2.00 bits per heavy atom. The molecular formula is C19H21N3O3. The molecule has 1 aromatic carbocycles. The second-order valence-corrected chi connectivity index (χ2v) is 6.50. The predicted octanol–water partition coefficient (Wildman–Crippen LogP) is 3.16. The van der Waals surface area contributed by atoms with Crippen LogP contribution in [0.25, 0.3) is 0 Å². The first-order valence-electron chi connectivity index (χ1n) is 8.76. The molecule has 1 aliphatic carbocycles. The Hall–Kier alpha value is -2.47. The summed E-state index contributed by atoms with van der Waals surface area (Å²) in [6.45, 7) is 1.29. The molecule has 4 rings (SSSR count). The molecule has 1 saturated carbocycles. The van der Waals surface area contributed by atoms with Gasteiger partial charge in [0.25, 0.3) is 5.91 Å². The van der Waals surface area contributed by atoms with Gasteiger partial charge in [0.1, 0.15) is 18.2 Å². The SMILES string of the molecule is O=C(Nc1ccccc1OC[C@H]1CCCO1)c1cnc(C2CC2)nc1. The van der Waals surface area contributed by atoms with Gasteiger partial charge in [-0.15, -0.1) is 0 Å². The number of hydrogen-bond acceptors (Lipinski definition) is 5. The van der Waals surface area contributed by atoms with Crippen LogP contribution in [0.15, 0.2) is 36.7 Å². The Kier molecular flexibility index (Phi) is 4.61. The van der Waals surface area contributed by atoms with E-state index in [1.165, 1.54) is 0 Å². The van der Waals surface area contributed by atoms with Gasteiger partial charge in [0.15, 0.2) is 0 Å². The first kappa shape index (κ1) is 16.0. The van der Waals surface area contributed by atoms with Crippen molar-refractivity contribution in [1.29, 1.82) is 0 Å². The molecule has 6 heteroatoms. The van der Waals surface area contributed by atoms with Crippen molar-refractivity contribution in [1.82, 2.24) is 9.97 Å². The number of hydrogen-bond donors (Lipinski definition) is 1. The van der Waals surface area contributed by atoms with Gasteiger partial charge in [0, 0.05) is 24.9 Å². The molecule has 130 valence electrons. The zero-order valence-electron chi connectivity index (χ0n) is 14.0. The molecule has 1 atom stereocenters. The summed E-state index contributed by atoms with van der Waals surface area (Å²) in [7, 11) is 0. The lowest BCUT2D eigenvalue weighted by Gasteiger charge is -2.15. The number of benzene rings is 1. The van der Waals surface area contributed by atoms with Gasteiger partial charge in [0.2, 0.25) is 0 Å². The van der Waals surface area contributed by atoms with E-state index in [1.807, 2.05) is 24.3 Å².